The highest BCUT2D eigenvalue weighted by Crippen LogP contribution is 2.34. The van der Waals surface area contributed by atoms with Crippen LogP contribution in [-0.2, 0) is 0 Å². The molecule has 1 fully saturated rings. The molecule has 0 amide bonds. The first-order valence-corrected chi connectivity index (χ1v) is 7.78. The van der Waals surface area contributed by atoms with Gasteiger partial charge in [0.1, 0.15) is 0 Å². The second kappa shape index (κ2) is 5.64. The van der Waals surface area contributed by atoms with E-state index in [4.69, 9.17) is 0 Å². The summed E-state index contributed by atoms with van der Waals surface area (Å²) in [6, 6.07) is 7.19. The van der Waals surface area contributed by atoms with Crippen molar-refractivity contribution in [1.82, 2.24) is 0 Å². The van der Waals surface area contributed by atoms with Crippen LogP contribution in [0.4, 0.5) is 5.69 Å². The van der Waals surface area contributed by atoms with E-state index in [2.05, 4.69) is 60.2 Å². The van der Waals surface area contributed by atoms with E-state index < -0.39 is 0 Å². The van der Waals surface area contributed by atoms with Gasteiger partial charge in [0.05, 0.1) is 0 Å². The summed E-state index contributed by atoms with van der Waals surface area (Å²) in [5.74, 6) is 0. The van der Waals surface area contributed by atoms with E-state index in [1.807, 2.05) is 0 Å². The lowest BCUT2D eigenvalue weighted by atomic mass is 9.85. The van der Waals surface area contributed by atoms with Crippen molar-refractivity contribution in [2.45, 2.75) is 58.9 Å². The van der Waals surface area contributed by atoms with Crippen LogP contribution < -0.4 is 5.32 Å². The van der Waals surface area contributed by atoms with Gasteiger partial charge in [-0.15, -0.1) is 0 Å². The Labute approximate surface area is 119 Å². The molecular formula is C16H24BrN. The standard InChI is InChI=1S/C16H24BrN/c1-12-11-14(6-7-15(12)17)18-13-5-4-9-16(2,3)10-8-13/h6-7,11,13,18H,4-5,8-10H2,1-3H3. The zero-order chi connectivity index (χ0) is 13.2. The number of hydrogen-bond acceptors (Lipinski definition) is 1. The number of hydrogen-bond donors (Lipinski definition) is 1. The summed E-state index contributed by atoms with van der Waals surface area (Å²) in [6.07, 6.45) is 6.64. The molecule has 1 N–H and O–H groups in total. The number of aryl methyl sites for hydroxylation is 1. The van der Waals surface area contributed by atoms with E-state index in [-0.39, 0.29) is 0 Å². The van der Waals surface area contributed by atoms with Crippen molar-refractivity contribution >= 4 is 21.6 Å². The number of rotatable bonds is 2. The lowest BCUT2D eigenvalue weighted by Crippen LogP contribution is -2.19. The maximum absolute atomic E-state index is 3.71. The van der Waals surface area contributed by atoms with Crippen LogP contribution in [-0.4, -0.2) is 6.04 Å². The monoisotopic (exact) mass is 309 g/mol. The van der Waals surface area contributed by atoms with Crippen LogP contribution in [0.25, 0.3) is 0 Å². The minimum absolute atomic E-state index is 0.534. The van der Waals surface area contributed by atoms with Crippen molar-refractivity contribution < 1.29 is 0 Å². The highest BCUT2D eigenvalue weighted by atomic mass is 79.9. The maximum atomic E-state index is 3.71. The summed E-state index contributed by atoms with van der Waals surface area (Å²) in [7, 11) is 0. The molecule has 0 aliphatic heterocycles. The Bertz CT molecular complexity index is 412. The van der Waals surface area contributed by atoms with Gasteiger partial charge in [-0.25, -0.2) is 0 Å². The minimum Gasteiger partial charge on any atom is -0.382 e. The third kappa shape index (κ3) is 3.74. The van der Waals surface area contributed by atoms with Crippen LogP contribution in [0.1, 0.15) is 51.5 Å². The highest BCUT2D eigenvalue weighted by molar-refractivity contribution is 9.10. The Hall–Kier alpha value is -0.500. The first-order chi connectivity index (χ1) is 8.46. The quantitative estimate of drug-likeness (QED) is 0.708. The predicted octanol–water partition coefficient (Wildman–Crippen LogP) is 5.53. The number of benzene rings is 1. The minimum atomic E-state index is 0.534. The van der Waals surface area contributed by atoms with Crippen molar-refractivity contribution in [2.24, 2.45) is 5.41 Å². The summed E-state index contributed by atoms with van der Waals surface area (Å²) < 4.78 is 1.19. The molecule has 1 unspecified atom stereocenters. The molecule has 2 heteroatoms. The molecule has 2 rings (SSSR count). The molecule has 0 aromatic heterocycles. The van der Waals surface area contributed by atoms with E-state index in [0.717, 1.165) is 0 Å². The van der Waals surface area contributed by atoms with Crippen LogP contribution >= 0.6 is 15.9 Å². The van der Waals surface area contributed by atoms with E-state index in [1.165, 1.54) is 47.8 Å². The summed E-state index contributed by atoms with van der Waals surface area (Å²) >= 11 is 3.55. The molecule has 0 spiro atoms. The molecule has 0 bridgehead atoms. The van der Waals surface area contributed by atoms with Gasteiger partial charge in [-0.3, -0.25) is 0 Å². The molecule has 100 valence electrons. The van der Waals surface area contributed by atoms with Gasteiger partial charge in [-0.1, -0.05) is 36.2 Å². The van der Waals surface area contributed by atoms with Gasteiger partial charge in [-0.05, 0) is 61.8 Å². The first-order valence-electron chi connectivity index (χ1n) is 6.99. The van der Waals surface area contributed by atoms with Crippen molar-refractivity contribution in [3.8, 4) is 0 Å². The predicted molar refractivity (Wildman–Crippen MR) is 83.2 cm³/mol. The summed E-state index contributed by atoms with van der Waals surface area (Å²) in [5, 5.41) is 3.71. The molecule has 1 aromatic rings. The van der Waals surface area contributed by atoms with Gasteiger partial charge >= 0.3 is 0 Å². The summed E-state index contributed by atoms with van der Waals surface area (Å²) in [4.78, 5) is 0. The zero-order valence-electron chi connectivity index (χ0n) is 11.7. The Morgan fingerprint density at radius 2 is 2.00 bits per heavy atom. The molecule has 1 atom stereocenters. The summed E-state index contributed by atoms with van der Waals surface area (Å²) in [6.45, 7) is 6.95. The van der Waals surface area contributed by atoms with E-state index >= 15 is 0 Å². The average molecular weight is 310 g/mol. The van der Waals surface area contributed by atoms with Crippen molar-refractivity contribution in [2.75, 3.05) is 5.32 Å². The van der Waals surface area contributed by atoms with Crippen molar-refractivity contribution in [3.63, 3.8) is 0 Å². The lowest BCUT2D eigenvalue weighted by molar-refractivity contribution is 0.313. The van der Waals surface area contributed by atoms with Crippen LogP contribution in [0.2, 0.25) is 0 Å². The smallest absolute Gasteiger partial charge is 0.0345 e. The zero-order valence-corrected chi connectivity index (χ0v) is 13.3. The first kappa shape index (κ1) is 13.9. The van der Waals surface area contributed by atoms with Gasteiger partial charge in [0, 0.05) is 16.2 Å². The maximum Gasteiger partial charge on any atom is 0.0345 e. The molecule has 0 saturated heterocycles. The molecule has 1 saturated carbocycles. The number of anilines is 1. The van der Waals surface area contributed by atoms with Gasteiger partial charge in [0.25, 0.3) is 0 Å². The third-order valence-electron chi connectivity index (χ3n) is 4.10. The van der Waals surface area contributed by atoms with Crippen LogP contribution in [0.3, 0.4) is 0 Å². The number of nitrogens with one attached hydrogen (secondary N) is 1. The topological polar surface area (TPSA) is 12.0 Å². The fourth-order valence-corrected chi connectivity index (χ4v) is 3.02. The Morgan fingerprint density at radius 1 is 1.22 bits per heavy atom. The van der Waals surface area contributed by atoms with Gasteiger partial charge in [0.15, 0.2) is 0 Å². The van der Waals surface area contributed by atoms with Crippen LogP contribution in [0.15, 0.2) is 22.7 Å². The fourth-order valence-electron chi connectivity index (χ4n) is 2.78. The molecule has 1 nitrogen and oxygen atoms in total. The largest absolute Gasteiger partial charge is 0.382 e. The van der Waals surface area contributed by atoms with Crippen molar-refractivity contribution in [1.29, 1.82) is 0 Å². The second-order valence-electron chi connectivity index (χ2n) is 6.40. The van der Waals surface area contributed by atoms with E-state index in [9.17, 15) is 0 Å². The SMILES string of the molecule is Cc1cc(NC2CCCC(C)(C)CC2)ccc1Br. The highest BCUT2D eigenvalue weighted by Gasteiger charge is 2.24. The van der Waals surface area contributed by atoms with Crippen molar-refractivity contribution in [3.05, 3.63) is 28.2 Å². The second-order valence-corrected chi connectivity index (χ2v) is 7.25. The average Bonchev–Trinajstić information content (AvgIpc) is 2.46. The van der Waals surface area contributed by atoms with Crippen LogP contribution in [0, 0.1) is 12.3 Å². The molecule has 1 aliphatic rings. The Balaban J connectivity index is 1.98. The lowest BCUT2D eigenvalue weighted by Gasteiger charge is -2.22. The molecular weight excluding hydrogens is 286 g/mol. The number of halogens is 1. The molecule has 18 heavy (non-hydrogen) atoms. The van der Waals surface area contributed by atoms with E-state index in [0.29, 0.717) is 11.5 Å². The van der Waals surface area contributed by atoms with Gasteiger partial charge in [-0.2, -0.15) is 0 Å². The molecule has 1 aliphatic carbocycles. The molecule has 0 heterocycles. The van der Waals surface area contributed by atoms with Gasteiger partial charge in [0.2, 0.25) is 0 Å². The van der Waals surface area contributed by atoms with Gasteiger partial charge < -0.3 is 5.32 Å². The third-order valence-corrected chi connectivity index (χ3v) is 4.99. The van der Waals surface area contributed by atoms with Crippen LogP contribution in [0.5, 0.6) is 0 Å². The Kier molecular flexibility index (Phi) is 4.37. The van der Waals surface area contributed by atoms with E-state index in [1.54, 1.807) is 0 Å². The normalized spacial score (nSPS) is 23.4. The Morgan fingerprint density at radius 3 is 2.72 bits per heavy atom. The fraction of sp³-hybridized carbons (Fsp3) is 0.625. The molecule has 1 aromatic carbocycles. The summed E-state index contributed by atoms with van der Waals surface area (Å²) in [5.41, 5.74) is 3.10. The molecule has 0 radical (unpaired) electrons.